The molecule has 12 heavy (non-hydrogen) atoms. The van der Waals surface area contributed by atoms with Crippen molar-refractivity contribution in [2.75, 3.05) is 0 Å². The molecule has 1 aromatic carbocycles. The van der Waals surface area contributed by atoms with Crippen LogP contribution in [0.2, 0.25) is 0 Å². The third-order valence-electron chi connectivity index (χ3n) is 1.33. The van der Waals surface area contributed by atoms with Gasteiger partial charge in [0, 0.05) is 10.8 Å². The summed E-state index contributed by atoms with van der Waals surface area (Å²) in [5, 5.41) is 2.16. The first-order chi connectivity index (χ1) is 5.68. The highest BCUT2D eigenvalue weighted by Crippen LogP contribution is 2.00. The molecule has 0 saturated carbocycles. The van der Waals surface area contributed by atoms with Crippen LogP contribution in [-0.2, 0) is 11.1 Å². The second kappa shape index (κ2) is 4.05. The van der Waals surface area contributed by atoms with Crippen LogP contribution in [0.4, 0.5) is 0 Å². The molecule has 62 valence electrons. The van der Waals surface area contributed by atoms with Crippen molar-refractivity contribution in [2.45, 2.75) is 6.92 Å². The normalized spacial score (nSPS) is 11.5. The van der Waals surface area contributed by atoms with Gasteiger partial charge in [-0.15, -0.1) is 0 Å². The number of hydrogen-bond donors (Lipinski definition) is 1. The zero-order valence-corrected chi connectivity index (χ0v) is 7.39. The Kier molecular flexibility index (Phi) is 3.03. The molecule has 0 aliphatic carbocycles. The Balaban J connectivity index is 2.86. The molecular formula is C9H8O2S. The van der Waals surface area contributed by atoms with E-state index in [4.69, 9.17) is 4.55 Å². The summed E-state index contributed by atoms with van der Waals surface area (Å²) in [6, 6.07) is 7.44. The Labute approximate surface area is 73.9 Å². The maximum Gasteiger partial charge on any atom is 0.234 e. The molecule has 1 N–H and O–H groups in total. The van der Waals surface area contributed by atoms with E-state index in [0.29, 0.717) is 0 Å². The molecule has 0 radical (unpaired) electrons. The Morgan fingerprint density at radius 3 is 2.42 bits per heavy atom. The number of aryl methyl sites for hydroxylation is 1. The standard InChI is InChI=1S/C9H8O2S/c1-8-2-4-9(5-3-8)6-7-12(10)11/h2-5H,1H3,(H,10,11). The Morgan fingerprint density at radius 2 is 1.92 bits per heavy atom. The van der Waals surface area contributed by atoms with Crippen LogP contribution in [-0.4, -0.2) is 8.76 Å². The van der Waals surface area contributed by atoms with Crippen LogP contribution in [0.1, 0.15) is 11.1 Å². The second-order valence-electron chi connectivity index (χ2n) is 2.34. The predicted molar refractivity (Wildman–Crippen MR) is 48.8 cm³/mol. The zero-order valence-electron chi connectivity index (χ0n) is 6.57. The SMILES string of the molecule is Cc1ccc(C#CS(=O)O)cc1. The van der Waals surface area contributed by atoms with Crippen molar-refractivity contribution >= 4 is 11.1 Å². The third kappa shape index (κ3) is 2.87. The van der Waals surface area contributed by atoms with E-state index >= 15 is 0 Å². The number of hydrogen-bond acceptors (Lipinski definition) is 1. The van der Waals surface area contributed by atoms with Gasteiger partial charge >= 0.3 is 0 Å². The molecule has 0 saturated heterocycles. The monoisotopic (exact) mass is 180 g/mol. The molecule has 1 atom stereocenters. The van der Waals surface area contributed by atoms with Crippen LogP contribution in [0.3, 0.4) is 0 Å². The van der Waals surface area contributed by atoms with E-state index in [1.165, 1.54) is 0 Å². The molecule has 1 aromatic rings. The van der Waals surface area contributed by atoms with Crippen molar-refractivity contribution in [2.24, 2.45) is 0 Å². The van der Waals surface area contributed by atoms with Crippen LogP contribution in [0.5, 0.6) is 0 Å². The summed E-state index contributed by atoms with van der Waals surface area (Å²) in [7, 11) is 0. The minimum absolute atomic E-state index is 0.753. The van der Waals surface area contributed by atoms with E-state index in [9.17, 15) is 4.21 Å². The number of benzene rings is 1. The van der Waals surface area contributed by atoms with Crippen LogP contribution >= 0.6 is 0 Å². The lowest BCUT2D eigenvalue weighted by atomic mass is 10.2. The first-order valence-electron chi connectivity index (χ1n) is 3.37. The minimum Gasteiger partial charge on any atom is -0.296 e. The van der Waals surface area contributed by atoms with Gasteiger partial charge in [-0.25, -0.2) is 4.21 Å². The third-order valence-corrected chi connectivity index (χ3v) is 1.61. The summed E-state index contributed by atoms with van der Waals surface area (Å²) in [5.74, 6) is 2.57. The fourth-order valence-electron chi connectivity index (χ4n) is 0.739. The summed E-state index contributed by atoms with van der Waals surface area (Å²) in [5.41, 5.74) is 1.90. The predicted octanol–water partition coefficient (Wildman–Crippen LogP) is 1.53. The largest absolute Gasteiger partial charge is 0.296 e. The van der Waals surface area contributed by atoms with Gasteiger partial charge in [0.15, 0.2) is 0 Å². The minimum atomic E-state index is -2.03. The van der Waals surface area contributed by atoms with E-state index in [1.807, 2.05) is 31.2 Å². The summed E-state index contributed by atoms with van der Waals surface area (Å²) in [4.78, 5) is 0. The molecule has 0 amide bonds. The van der Waals surface area contributed by atoms with Crippen LogP contribution in [0.25, 0.3) is 0 Å². The molecule has 0 heterocycles. The van der Waals surface area contributed by atoms with E-state index in [2.05, 4.69) is 11.2 Å². The van der Waals surface area contributed by atoms with E-state index in [0.717, 1.165) is 11.1 Å². The van der Waals surface area contributed by atoms with Gasteiger partial charge < -0.3 is 0 Å². The summed E-state index contributed by atoms with van der Waals surface area (Å²) in [6.45, 7) is 1.97. The van der Waals surface area contributed by atoms with Crippen LogP contribution in [0, 0.1) is 18.1 Å². The van der Waals surface area contributed by atoms with Gasteiger partial charge in [0.05, 0.1) is 0 Å². The van der Waals surface area contributed by atoms with Gasteiger partial charge in [0.2, 0.25) is 11.1 Å². The molecule has 0 bridgehead atoms. The van der Waals surface area contributed by atoms with Crippen molar-refractivity contribution in [3.05, 3.63) is 35.4 Å². The fraction of sp³-hybridized carbons (Fsp3) is 0.111. The van der Waals surface area contributed by atoms with Crippen LogP contribution < -0.4 is 0 Å². The highest BCUT2D eigenvalue weighted by molar-refractivity contribution is 7.84. The molecular weight excluding hydrogens is 172 g/mol. The first kappa shape index (κ1) is 8.98. The van der Waals surface area contributed by atoms with Gasteiger partial charge in [-0.1, -0.05) is 23.6 Å². The lowest BCUT2D eigenvalue weighted by Gasteiger charge is -1.90. The molecule has 1 rings (SSSR count). The van der Waals surface area contributed by atoms with Crippen molar-refractivity contribution in [3.63, 3.8) is 0 Å². The Bertz CT molecular complexity index is 343. The molecule has 1 unspecified atom stereocenters. The molecule has 2 nitrogen and oxygen atoms in total. The quantitative estimate of drug-likeness (QED) is 0.485. The average Bonchev–Trinajstić information content (AvgIpc) is 2.03. The smallest absolute Gasteiger partial charge is 0.234 e. The van der Waals surface area contributed by atoms with E-state index in [-0.39, 0.29) is 0 Å². The van der Waals surface area contributed by atoms with Gasteiger partial charge in [0.25, 0.3) is 0 Å². The second-order valence-corrected chi connectivity index (χ2v) is 3.04. The van der Waals surface area contributed by atoms with Crippen molar-refractivity contribution in [1.29, 1.82) is 0 Å². The molecule has 0 spiro atoms. The van der Waals surface area contributed by atoms with Gasteiger partial charge in [0.1, 0.15) is 0 Å². The fourth-order valence-corrected chi connectivity index (χ4v) is 0.945. The highest BCUT2D eigenvalue weighted by atomic mass is 32.2. The van der Waals surface area contributed by atoms with Crippen molar-refractivity contribution < 1.29 is 8.76 Å². The summed E-state index contributed by atoms with van der Waals surface area (Å²) >= 11 is -2.03. The van der Waals surface area contributed by atoms with Gasteiger partial charge in [-0.2, -0.15) is 0 Å². The molecule has 0 fully saturated rings. The lowest BCUT2D eigenvalue weighted by molar-refractivity contribution is 0.576. The van der Waals surface area contributed by atoms with Crippen molar-refractivity contribution in [3.8, 4) is 11.2 Å². The molecule has 3 heteroatoms. The summed E-state index contributed by atoms with van der Waals surface area (Å²) in [6.07, 6.45) is 0. The van der Waals surface area contributed by atoms with Crippen molar-refractivity contribution in [1.82, 2.24) is 0 Å². The molecule has 0 aliphatic heterocycles. The zero-order chi connectivity index (χ0) is 8.97. The maximum absolute atomic E-state index is 10.2. The highest BCUT2D eigenvalue weighted by Gasteiger charge is 1.86. The Morgan fingerprint density at radius 1 is 1.33 bits per heavy atom. The number of rotatable bonds is 0. The van der Waals surface area contributed by atoms with E-state index < -0.39 is 11.1 Å². The van der Waals surface area contributed by atoms with Crippen LogP contribution in [0.15, 0.2) is 24.3 Å². The topological polar surface area (TPSA) is 37.3 Å². The average molecular weight is 180 g/mol. The molecule has 0 aromatic heterocycles. The molecule has 0 aliphatic rings. The summed E-state index contributed by atoms with van der Waals surface area (Å²) < 4.78 is 18.5. The first-order valence-corrected chi connectivity index (χ1v) is 4.48. The van der Waals surface area contributed by atoms with E-state index in [1.54, 1.807) is 0 Å². The Hall–Kier alpha value is -1.11. The van der Waals surface area contributed by atoms with Gasteiger partial charge in [-0.05, 0) is 19.1 Å². The maximum atomic E-state index is 10.2. The van der Waals surface area contributed by atoms with Gasteiger partial charge in [-0.3, -0.25) is 4.55 Å². The lowest BCUT2D eigenvalue weighted by Crippen LogP contribution is -1.79.